The molecule has 0 saturated heterocycles. The van der Waals surface area contributed by atoms with Gasteiger partial charge in [0.1, 0.15) is 12.0 Å². The van der Waals surface area contributed by atoms with Gasteiger partial charge in [-0.3, -0.25) is 4.79 Å². The number of aromatic hydroxyl groups is 1. The van der Waals surface area contributed by atoms with Crippen LogP contribution in [-0.4, -0.2) is 16.7 Å². The minimum Gasteiger partial charge on any atom is -0.508 e. The molecule has 0 aliphatic rings. The Kier molecular flexibility index (Phi) is 10.1. The Balaban J connectivity index is 0.000000293. The molecule has 3 heteroatoms. The van der Waals surface area contributed by atoms with Crippen LogP contribution in [0.15, 0.2) is 24.3 Å². The third-order valence-electron chi connectivity index (χ3n) is 1.99. The Bertz CT molecular complexity index is 283. The average Bonchev–Trinajstić information content (AvgIpc) is 2.31. The van der Waals surface area contributed by atoms with Gasteiger partial charge in [0.15, 0.2) is 0 Å². The maximum atomic E-state index is 10.0. The molecule has 0 fully saturated rings. The first-order valence-electron chi connectivity index (χ1n) is 5.54. The van der Waals surface area contributed by atoms with Crippen molar-refractivity contribution < 1.29 is 9.90 Å². The van der Waals surface area contributed by atoms with Crippen molar-refractivity contribution >= 4 is 22.2 Å². The molecular formula is C13H19BrO2. The predicted molar refractivity (Wildman–Crippen MR) is 71.4 cm³/mol. The fourth-order valence-electron chi connectivity index (χ4n) is 1.12. The van der Waals surface area contributed by atoms with Gasteiger partial charge in [0.2, 0.25) is 0 Å². The first kappa shape index (κ1) is 15.2. The molecule has 16 heavy (non-hydrogen) atoms. The van der Waals surface area contributed by atoms with Gasteiger partial charge in [0.05, 0.1) is 0 Å². The molecule has 1 aromatic carbocycles. The number of phenols is 1. The van der Waals surface area contributed by atoms with E-state index in [-0.39, 0.29) is 5.75 Å². The second kappa shape index (κ2) is 10.7. The summed E-state index contributed by atoms with van der Waals surface area (Å²) in [7, 11) is 0. The molecule has 90 valence electrons. The lowest BCUT2D eigenvalue weighted by Crippen LogP contribution is -1.75. The fourth-order valence-corrected chi connectivity index (χ4v) is 1.52. The lowest BCUT2D eigenvalue weighted by atomic mass is 10.2. The summed E-state index contributed by atoms with van der Waals surface area (Å²) in [6, 6.07) is 6.19. The number of carbonyl (C=O) groups excluding carboxylic acids is 1. The van der Waals surface area contributed by atoms with Gasteiger partial charge in [0, 0.05) is 10.9 Å². The van der Waals surface area contributed by atoms with E-state index in [0.717, 1.165) is 0 Å². The van der Waals surface area contributed by atoms with E-state index in [0.29, 0.717) is 11.8 Å². The van der Waals surface area contributed by atoms with Crippen molar-refractivity contribution in [2.75, 3.05) is 5.33 Å². The van der Waals surface area contributed by atoms with Crippen molar-refractivity contribution in [3.8, 4) is 5.75 Å². The number of halogens is 1. The van der Waals surface area contributed by atoms with Gasteiger partial charge in [-0.05, 0) is 18.6 Å². The summed E-state index contributed by atoms with van der Waals surface area (Å²) in [5.41, 5.74) is 0.495. The predicted octanol–water partition coefficient (Wildman–Crippen LogP) is 4.17. The molecule has 0 aliphatic heterocycles. The van der Waals surface area contributed by atoms with Crippen LogP contribution in [0.1, 0.15) is 43.0 Å². The second-order valence-corrected chi connectivity index (χ2v) is 4.26. The molecule has 1 aromatic rings. The van der Waals surface area contributed by atoms with Gasteiger partial charge in [-0.25, -0.2) is 0 Å². The van der Waals surface area contributed by atoms with E-state index in [1.165, 1.54) is 43.1 Å². The zero-order valence-corrected chi connectivity index (χ0v) is 11.2. The third-order valence-corrected chi connectivity index (χ3v) is 2.55. The third kappa shape index (κ3) is 8.48. The van der Waals surface area contributed by atoms with Crippen LogP contribution in [0.3, 0.4) is 0 Å². The number of alkyl halides is 1. The molecule has 0 aliphatic carbocycles. The first-order valence-corrected chi connectivity index (χ1v) is 6.67. The average molecular weight is 287 g/mol. The van der Waals surface area contributed by atoms with Crippen molar-refractivity contribution in [3.05, 3.63) is 29.8 Å². The lowest BCUT2D eigenvalue weighted by molar-refractivity contribution is 0.112. The van der Waals surface area contributed by atoms with Gasteiger partial charge in [-0.1, -0.05) is 54.2 Å². The van der Waals surface area contributed by atoms with E-state index in [2.05, 4.69) is 22.9 Å². The smallest absolute Gasteiger partial charge is 0.150 e. The summed E-state index contributed by atoms with van der Waals surface area (Å²) in [5.74, 6) is 0.125. The topological polar surface area (TPSA) is 37.3 Å². The largest absolute Gasteiger partial charge is 0.508 e. The van der Waals surface area contributed by atoms with E-state index in [1.54, 1.807) is 12.1 Å². The highest BCUT2D eigenvalue weighted by Gasteiger charge is 1.88. The summed E-state index contributed by atoms with van der Waals surface area (Å²) in [4.78, 5) is 10.0. The van der Waals surface area contributed by atoms with Gasteiger partial charge in [0.25, 0.3) is 0 Å². The fraction of sp³-hybridized carbons (Fsp3) is 0.462. The zero-order valence-electron chi connectivity index (χ0n) is 9.66. The molecule has 0 unspecified atom stereocenters. The maximum absolute atomic E-state index is 10.0. The molecule has 0 amide bonds. The van der Waals surface area contributed by atoms with Crippen molar-refractivity contribution in [1.82, 2.24) is 0 Å². The van der Waals surface area contributed by atoms with Gasteiger partial charge in [-0.15, -0.1) is 0 Å². The molecule has 0 heterocycles. The quantitative estimate of drug-likeness (QED) is 0.501. The van der Waals surface area contributed by atoms with Gasteiger partial charge in [-0.2, -0.15) is 0 Å². The van der Waals surface area contributed by atoms with Crippen molar-refractivity contribution in [2.45, 2.75) is 32.6 Å². The Morgan fingerprint density at radius 3 is 2.50 bits per heavy atom. The number of benzene rings is 1. The Labute approximate surface area is 106 Å². The number of rotatable bonds is 5. The number of unbranched alkanes of at least 4 members (excludes halogenated alkanes) is 3. The summed E-state index contributed by atoms with van der Waals surface area (Å²) in [6.07, 6.45) is 6.16. The summed E-state index contributed by atoms with van der Waals surface area (Å²) < 4.78 is 0. The van der Waals surface area contributed by atoms with Crippen LogP contribution in [0.5, 0.6) is 5.75 Å². The van der Waals surface area contributed by atoms with Crippen LogP contribution < -0.4 is 0 Å². The Morgan fingerprint density at radius 2 is 2.06 bits per heavy atom. The number of hydrogen-bond acceptors (Lipinski definition) is 2. The number of phenolic OH excluding ortho intramolecular Hbond substituents is 1. The molecule has 0 bridgehead atoms. The standard InChI is InChI=1S/C7H6O2.C6H13Br/c8-5-6-2-1-3-7(9)4-6;1-2-3-4-5-6-7/h1-5,9H;2-6H2,1H3. The number of hydrogen-bond donors (Lipinski definition) is 1. The molecule has 0 atom stereocenters. The van der Waals surface area contributed by atoms with Crippen LogP contribution in [0.2, 0.25) is 0 Å². The van der Waals surface area contributed by atoms with E-state index in [9.17, 15) is 4.79 Å². The van der Waals surface area contributed by atoms with Crippen LogP contribution in [0.25, 0.3) is 0 Å². The highest BCUT2D eigenvalue weighted by molar-refractivity contribution is 9.09. The van der Waals surface area contributed by atoms with Gasteiger partial charge < -0.3 is 5.11 Å². The van der Waals surface area contributed by atoms with Crippen molar-refractivity contribution in [3.63, 3.8) is 0 Å². The van der Waals surface area contributed by atoms with Gasteiger partial charge >= 0.3 is 0 Å². The molecule has 0 saturated carbocycles. The van der Waals surface area contributed by atoms with Crippen molar-refractivity contribution in [1.29, 1.82) is 0 Å². The highest BCUT2D eigenvalue weighted by atomic mass is 79.9. The summed E-state index contributed by atoms with van der Waals surface area (Å²) in [5, 5.41) is 9.96. The Morgan fingerprint density at radius 1 is 1.31 bits per heavy atom. The zero-order chi connectivity index (χ0) is 12.2. The molecule has 2 nitrogen and oxygen atoms in total. The van der Waals surface area contributed by atoms with Crippen LogP contribution in [-0.2, 0) is 0 Å². The molecule has 1 N–H and O–H groups in total. The number of carbonyl (C=O) groups is 1. The van der Waals surface area contributed by atoms with E-state index >= 15 is 0 Å². The lowest BCUT2D eigenvalue weighted by Gasteiger charge is -1.89. The van der Waals surface area contributed by atoms with E-state index in [1.807, 2.05) is 0 Å². The minimum absolute atomic E-state index is 0.125. The molecule has 0 spiro atoms. The summed E-state index contributed by atoms with van der Waals surface area (Å²) in [6.45, 7) is 2.23. The van der Waals surface area contributed by atoms with E-state index < -0.39 is 0 Å². The molecular weight excluding hydrogens is 268 g/mol. The highest BCUT2D eigenvalue weighted by Crippen LogP contribution is 2.08. The maximum Gasteiger partial charge on any atom is 0.150 e. The SMILES string of the molecule is CCCCCCBr.O=Cc1cccc(O)c1. The molecule has 0 radical (unpaired) electrons. The van der Waals surface area contributed by atoms with Crippen LogP contribution in [0, 0.1) is 0 Å². The first-order chi connectivity index (χ1) is 7.74. The summed E-state index contributed by atoms with van der Waals surface area (Å²) >= 11 is 3.38. The monoisotopic (exact) mass is 286 g/mol. The van der Waals surface area contributed by atoms with Crippen LogP contribution in [0.4, 0.5) is 0 Å². The second-order valence-electron chi connectivity index (χ2n) is 3.46. The normalized spacial score (nSPS) is 9.12. The van der Waals surface area contributed by atoms with E-state index in [4.69, 9.17) is 5.11 Å². The minimum atomic E-state index is 0.125. The Hall–Kier alpha value is -0.830. The molecule has 0 aromatic heterocycles. The number of aldehydes is 1. The van der Waals surface area contributed by atoms with Crippen molar-refractivity contribution in [2.24, 2.45) is 0 Å². The van der Waals surface area contributed by atoms with Crippen LogP contribution >= 0.6 is 15.9 Å². The molecule has 1 rings (SSSR count).